The zero-order valence-corrected chi connectivity index (χ0v) is 28.8. The molecule has 0 bridgehead atoms. The summed E-state index contributed by atoms with van der Waals surface area (Å²) in [6, 6.07) is 10.5. The van der Waals surface area contributed by atoms with Gasteiger partial charge in [-0.2, -0.15) is 4.31 Å². The molecule has 2 aromatic heterocycles. The van der Waals surface area contributed by atoms with Gasteiger partial charge in [0.2, 0.25) is 20.0 Å². The minimum absolute atomic E-state index is 0. The largest absolute Gasteiger partial charge is 0.312 e. The Morgan fingerprint density at radius 2 is 1.45 bits per heavy atom. The highest BCUT2D eigenvalue weighted by Crippen LogP contribution is 2.32. The van der Waals surface area contributed by atoms with Crippen molar-refractivity contribution in [1.82, 2.24) is 38.8 Å². The molecule has 0 radical (unpaired) electrons. The second kappa shape index (κ2) is 16.7. The van der Waals surface area contributed by atoms with Crippen molar-refractivity contribution in [3.8, 4) is 0 Å². The van der Waals surface area contributed by atoms with Crippen molar-refractivity contribution in [2.24, 2.45) is 0 Å². The second-order valence-corrected chi connectivity index (χ2v) is 16.7. The number of hydrogen-bond acceptors (Lipinski definition) is 10. The Labute approximate surface area is 293 Å². The lowest BCUT2D eigenvalue weighted by Crippen LogP contribution is -2.38. The van der Waals surface area contributed by atoms with Crippen molar-refractivity contribution < 1.29 is 16.8 Å². The summed E-state index contributed by atoms with van der Waals surface area (Å²) in [6.07, 6.45) is 12.1. The maximum Gasteiger partial charge on any atom is 0.211 e. The molecule has 4 aliphatic heterocycles. The molecule has 3 aromatic rings. The Balaban J connectivity index is 0.000000221. The molecule has 7 rings (SSSR count). The fourth-order valence-corrected chi connectivity index (χ4v) is 8.56. The van der Waals surface area contributed by atoms with E-state index in [9.17, 15) is 16.8 Å². The molecule has 12 nitrogen and oxygen atoms in total. The van der Waals surface area contributed by atoms with Crippen LogP contribution in [0.5, 0.6) is 0 Å². The smallest absolute Gasteiger partial charge is 0.211 e. The summed E-state index contributed by atoms with van der Waals surface area (Å²) in [6.45, 7) is 6.64. The van der Waals surface area contributed by atoms with Gasteiger partial charge in [0.05, 0.1) is 29.6 Å². The van der Waals surface area contributed by atoms with Gasteiger partial charge in [0.1, 0.15) is 12.7 Å². The first-order chi connectivity index (χ1) is 22.6. The summed E-state index contributed by atoms with van der Waals surface area (Å²) < 4.78 is 49.7. The highest BCUT2D eigenvalue weighted by molar-refractivity contribution is 7.88. The summed E-state index contributed by atoms with van der Waals surface area (Å²) in [5, 5.41) is 3.37. The first-order valence-corrected chi connectivity index (χ1v) is 20.0. The molecule has 49 heavy (non-hydrogen) atoms. The van der Waals surface area contributed by atoms with E-state index >= 15 is 0 Å². The van der Waals surface area contributed by atoms with Crippen LogP contribution in [0.25, 0.3) is 5.57 Å². The maximum absolute atomic E-state index is 11.7. The standard InChI is InChI=1S/C20H24N4O2S.C13H20N4O2S.2CH4/c1-27(25,26)24-11-7-17(8-12-24)20-18-14-23(10-9-19(18)21-15-22-20)13-16-5-3-2-4-6-16;1-20(18,19)17-6-3-10(4-7-17)13-11-8-14-5-2-12(11)15-9-16-13;;/h2-7,15H,8-14H2,1H3;9-10,14H,2-8H2,1H3;2*1H4. The fraction of sp³-hybridized carbons (Fsp3) is 0.543. The molecule has 1 N–H and O–H groups in total. The molecule has 14 heteroatoms. The molecule has 0 spiro atoms. The Morgan fingerprint density at radius 3 is 2.10 bits per heavy atom. The van der Waals surface area contributed by atoms with E-state index in [-0.39, 0.29) is 14.9 Å². The third-order valence-electron chi connectivity index (χ3n) is 9.49. The van der Waals surface area contributed by atoms with Gasteiger partial charge in [0.15, 0.2) is 0 Å². The van der Waals surface area contributed by atoms with Crippen molar-refractivity contribution in [2.75, 3.05) is 51.8 Å². The van der Waals surface area contributed by atoms with E-state index in [1.165, 1.54) is 33.5 Å². The summed E-state index contributed by atoms with van der Waals surface area (Å²) in [5.74, 6) is 0.352. The van der Waals surface area contributed by atoms with Crippen LogP contribution in [0.3, 0.4) is 0 Å². The number of rotatable bonds is 6. The van der Waals surface area contributed by atoms with Crippen LogP contribution in [0.4, 0.5) is 0 Å². The maximum atomic E-state index is 11.7. The lowest BCUT2D eigenvalue weighted by atomic mass is 9.89. The predicted octanol–water partition coefficient (Wildman–Crippen LogP) is 3.62. The van der Waals surface area contributed by atoms with Crippen molar-refractivity contribution >= 4 is 25.6 Å². The van der Waals surface area contributed by atoms with E-state index in [4.69, 9.17) is 0 Å². The number of piperidine rings is 1. The molecular formula is C35H52N8O4S2. The van der Waals surface area contributed by atoms with Crippen LogP contribution >= 0.6 is 0 Å². The lowest BCUT2D eigenvalue weighted by Gasteiger charge is -2.31. The zero-order valence-electron chi connectivity index (χ0n) is 27.2. The van der Waals surface area contributed by atoms with E-state index in [0.717, 1.165) is 86.8 Å². The van der Waals surface area contributed by atoms with Crippen LogP contribution in [0, 0.1) is 0 Å². The molecule has 1 saturated heterocycles. The molecule has 268 valence electrons. The van der Waals surface area contributed by atoms with Gasteiger partial charge in [-0.3, -0.25) is 4.90 Å². The molecule has 0 saturated carbocycles. The Hall–Kier alpha value is -3.14. The third-order valence-corrected chi connectivity index (χ3v) is 12.1. The van der Waals surface area contributed by atoms with E-state index < -0.39 is 20.0 Å². The van der Waals surface area contributed by atoms with Gasteiger partial charge in [0, 0.05) is 94.5 Å². The van der Waals surface area contributed by atoms with Gasteiger partial charge in [-0.15, -0.1) is 0 Å². The zero-order chi connectivity index (χ0) is 33.0. The van der Waals surface area contributed by atoms with Gasteiger partial charge in [0.25, 0.3) is 0 Å². The summed E-state index contributed by atoms with van der Waals surface area (Å²) in [7, 11) is -6.21. The van der Waals surface area contributed by atoms with Crippen LogP contribution in [-0.2, 0) is 52.5 Å². The number of sulfonamides is 2. The normalized spacial score (nSPS) is 19.2. The second-order valence-electron chi connectivity index (χ2n) is 12.7. The van der Waals surface area contributed by atoms with Crippen molar-refractivity contribution in [1.29, 1.82) is 0 Å². The van der Waals surface area contributed by atoms with Crippen LogP contribution in [0.1, 0.15) is 79.5 Å². The minimum atomic E-state index is -3.14. The number of aromatic nitrogens is 4. The molecule has 1 aromatic carbocycles. The van der Waals surface area contributed by atoms with Gasteiger partial charge < -0.3 is 5.32 Å². The van der Waals surface area contributed by atoms with E-state index in [0.29, 0.717) is 38.5 Å². The molecule has 6 heterocycles. The Bertz CT molecular complexity index is 1810. The number of benzene rings is 1. The highest BCUT2D eigenvalue weighted by Gasteiger charge is 2.29. The number of hydrogen-bond donors (Lipinski definition) is 1. The van der Waals surface area contributed by atoms with Gasteiger partial charge >= 0.3 is 0 Å². The van der Waals surface area contributed by atoms with Gasteiger partial charge in [-0.05, 0) is 30.4 Å². The van der Waals surface area contributed by atoms with Gasteiger partial charge in [-0.1, -0.05) is 51.3 Å². The summed E-state index contributed by atoms with van der Waals surface area (Å²) in [4.78, 5) is 20.4. The number of nitrogens with zero attached hydrogens (tertiary/aromatic N) is 7. The van der Waals surface area contributed by atoms with Crippen molar-refractivity contribution in [2.45, 2.75) is 72.5 Å². The molecule has 0 atom stereocenters. The quantitative estimate of drug-likeness (QED) is 0.403. The number of nitrogens with one attached hydrogen (secondary N) is 1. The monoisotopic (exact) mass is 712 g/mol. The highest BCUT2D eigenvalue weighted by atomic mass is 32.2. The van der Waals surface area contributed by atoms with Crippen LogP contribution in [-0.4, -0.2) is 102 Å². The molecule has 0 unspecified atom stereocenters. The summed E-state index contributed by atoms with van der Waals surface area (Å²) >= 11 is 0. The number of fused-ring (bicyclic) bond motifs is 2. The van der Waals surface area contributed by atoms with E-state index in [1.807, 2.05) is 12.1 Å². The SMILES string of the molecule is C.C.CS(=O)(=O)N1CC=C(c2ncnc3c2CN(Cc2ccccc2)CC3)CC1.CS(=O)(=O)N1CCC(c2ncnc3c2CNCC3)CC1. The Kier molecular flexibility index (Phi) is 13.2. The molecule has 1 fully saturated rings. The molecule has 0 amide bonds. The van der Waals surface area contributed by atoms with E-state index in [1.54, 1.807) is 17.0 Å². The third kappa shape index (κ3) is 9.56. The van der Waals surface area contributed by atoms with Crippen LogP contribution in [0.2, 0.25) is 0 Å². The van der Waals surface area contributed by atoms with Crippen molar-refractivity contribution in [3.63, 3.8) is 0 Å². The first kappa shape index (κ1) is 38.7. The average Bonchev–Trinajstić information content (AvgIpc) is 3.08. The lowest BCUT2D eigenvalue weighted by molar-refractivity contribution is 0.242. The van der Waals surface area contributed by atoms with E-state index in [2.05, 4.69) is 54.4 Å². The molecule has 4 aliphatic rings. The van der Waals surface area contributed by atoms with Crippen LogP contribution in [0.15, 0.2) is 49.1 Å². The summed E-state index contributed by atoms with van der Waals surface area (Å²) in [5.41, 5.74) is 9.25. The molecular weight excluding hydrogens is 661 g/mol. The van der Waals surface area contributed by atoms with Crippen molar-refractivity contribution in [3.05, 3.63) is 88.5 Å². The molecule has 0 aliphatic carbocycles. The fourth-order valence-electron chi connectivity index (χ4n) is 6.92. The minimum Gasteiger partial charge on any atom is -0.312 e. The van der Waals surface area contributed by atoms with Gasteiger partial charge in [-0.25, -0.2) is 41.1 Å². The average molecular weight is 713 g/mol. The topological polar surface area (TPSA) is 142 Å². The Morgan fingerprint density at radius 1 is 0.776 bits per heavy atom. The van der Waals surface area contributed by atoms with Crippen LogP contribution < -0.4 is 5.32 Å². The predicted molar refractivity (Wildman–Crippen MR) is 195 cm³/mol. The first-order valence-electron chi connectivity index (χ1n) is 16.3.